The van der Waals surface area contributed by atoms with Gasteiger partial charge in [0.25, 0.3) is 15.6 Å². The second-order valence-electron chi connectivity index (χ2n) is 7.40. The molecule has 1 saturated heterocycles. The average Bonchev–Trinajstić information content (AvgIpc) is 2.86. The minimum atomic E-state index is -4.11. The average molecular weight is 474 g/mol. The van der Waals surface area contributed by atoms with E-state index in [4.69, 9.17) is 8.37 Å². The molecule has 2 fully saturated rings. The van der Waals surface area contributed by atoms with Crippen LogP contribution in [0.25, 0.3) is 0 Å². The van der Waals surface area contributed by atoms with Gasteiger partial charge in [0.1, 0.15) is 0 Å². The maximum atomic E-state index is 13.9. The lowest BCUT2D eigenvalue weighted by Crippen LogP contribution is -2.45. The standard InChI is InChI=1S/C17H32NO6PS3/c1-4-5-6-10-13-17(25(20,26-23-2)27-24-3)14-16(19)18(28(17,21)22)15-11-8-7-9-12-15/h15H,4-14H2,1-3H3. The first kappa shape index (κ1) is 24.5. The SMILES string of the molecule is CCCCCCC1(P(=O)(SOC)SOC)CC(=O)N(C2CCCCC2)S1(=O)=O. The summed E-state index contributed by atoms with van der Waals surface area (Å²) in [7, 11) is -1.39. The maximum Gasteiger partial charge on any atom is 0.264 e. The lowest BCUT2D eigenvalue weighted by molar-refractivity contribution is -0.127. The molecule has 7 nitrogen and oxygen atoms in total. The van der Waals surface area contributed by atoms with Crippen molar-refractivity contribution in [3.05, 3.63) is 0 Å². The molecule has 28 heavy (non-hydrogen) atoms. The number of amides is 1. The van der Waals surface area contributed by atoms with E-state index in [1.807, 2.05) is 0 Å². The first-order chi connectivity index (χ1) is 13.3. The Morgan fingerprint density at radius 2 is 1.71 bits per heavy atom. The van der Waals surface area contributed by atoms with Crippen molar-refractivity contribution in [2.75, 3.05) is 14.2 Å². The fourth-order valence-corrected chi connectivity index (χ4v) is 15.6. The van der Waals surface area contributed by atoms with Crippen LogP contribution in [0, 0.1) is 0 Å². The van der Waals surface area contributed by atoms with E-state index in [-0.39, 0.29) is 18.9 Å². The van der Waals surface area contributed by atoms with Gasteiger partial charge in [0.15, 0.2) is 4.49 Å². The molecule has 1 heterocycles. The van der Waals surface area contributed by atoms with Crippen molar-refractivity contribution in [3.63, 3.8) is 0 Å². The Balaban J connectivity index is 2.47. The van der Waals surface area contributed by atoms with Crippen LogP contribution >= 0.6 is 28.9 Å². The van der Waals surface area contributed by atoms with Gasteiger partial charge < -0.3 is 8.37 Å². The van der Waals surface area contributed by atoms with Crippen LogP contribution in [0.1, 0.15) is 77.6 Å². The van der Waals surface area contributed by atoms with Crippen LogP contribution in [0.15, 0.2) is 0 Å². The second kappa shape index (κ2) is 10.5. The molecular formula is C17H32NO6PS3. The van der Waals surface area contributed by atoms with Gasteiger partial charge in [-0.2, -0.15) is 0 Å². The van der Waals surface area contributed by atoms with Crippen molar-refractivity contribution in [1.29, 1.82) is 0 Å². The largest absolute Gasteiger partial charge is 0.311 e. The number of unbranched alkanes of at least 4 members (excludes halogenated alkanes) is 3. The van der Waals surface area contributed by atoms with E-state index in [0.29, 0.717) is 42.6 Å². The molecule has 0 radical (unpaired) electrons. The van der Waals surface area contributed by atoms with Crippen molar-refractivity contribution < 1.29 is 26.1 Å². The van der Waals surface area contributed by atoms with Crippen molar-refractivity contribution >= 4 is 44.8 Å². The molecule has 1 unspecified atom stereocenters. The van der Waals surface area contributed by atoms with Crippen molar-refractivity contribution in [2.24, 2.45) is 0 Å². The highest BCUT2D eigenvalue weighted by atomic mass is 33.1. The van der Waals surface area contributed by atoms with E-state index < -0.39 is 26.0 Å². The number of carbonyl (C=O) groups is 1. The molecule has 0 aromatic carbocycles. The third-order valence-electron chi connectivity index (χ3n) is 5.58. The van der Waals surface area contributed by atoms with Crippen LogP contribution < -0.4 is 0 Å². The molecule has 0 aromatic rings. The highest BCUT2D eigenvalue weighted by molar-refractivity contribution is 8.89. The number of nitrogens with zero attached hydrogens (tertiary/aromatic N) is 1. The maximum absolute atomic E-state index is 13.9. The third kappa shape index (κ3) is 4.62. The van der Waals surface area contributed by atoms with E-state index in [0.717, 1.165) is 42.8 Å². The molecule has 1 atom stereocenters. The van der Waals surface area contributed by atoms with Crippen LogP contribution in [0.4, 0.5) is 0 Å². The van der Waals surface area contributed by atoms with Gasteiger partial charge in [-0.1, -0.05) is 51.9 Å². The summed E-state index contributed by atoms with van der Waals surface area (Å²) in [5.74, 6) is -0.434. The van der Waals surface area contributed by atoms with Crippen LogP contribution in [-0.2, 0) is 27.7 Å². The fourth-order valence-electron chi connectivity index (χ4n) is 4.20. The summed E-state index contributed by atoms with van der Waals surface area (Å²) < 4.78 is 51.1. The zero-order chi connectivity index (χ0) is 20.8. The Morgan fingerprint density at radius 1 is 1.11 bits per heavy atom. The number of rotatable bonds is 11. The molecule has 1 aliphatic carbocycles. The zero-order valence-electron chi connectivity index (χ0n) is 16.9. The van der Waals surface area contributed by atoms with E-state index in [2.05, 4.69) is 6.92 Å². The molecule has 1 saturated carbocycles. The van der Waals surface area contributed by atoms with Gasteiger partial charge in [0.2, 0.25) is 5.91 Å². The number of hydrogen-bond donors (Lipinski definition) is 0. The Labute approximate surface area is 177 Å². The van der Waals surface area contributed by atoms with Gasteiger partial charge in [-0.05, 0) is 19.3 Å². The third-order valence-corrected chi connectivity index (χ3v) is 17.4. The molecule has 1 amide bonds. The van der Waals surface area contributed by atoms with Crippen LogP contribution in [0.3, 0.4) is 0 Å². The van der Waals surface area contributed by atoms with E-state index >= 15 is 0 Å². The summed E-state index contributed by atoms with van der Waals surface area (Å²) in [6.45, 7) is 2.07. The molecule has 2 rings (SSSR count). The first-order valence-corrected chi connectivity index (χ1v) is 15.8. The molecule has 11 heteroatoms. The van der Waals surface area contributed by atoms with Gasteiger partial charge in [0, 0.05) is 6.04 Å². The Kier molecular flexibility index (Phi) is 9.23. The summed E-state index contributed by atoms with van der Waals surface area (Å²) in [5.41, 5.74) is -3.66. The van der Waals surface area contributed by atoms with E-state index in [1.54, 1.807) is 0 Å². The summed E-state index contributed by atoms with van der Waals surface area (Å²) in [6.07, 6.45) is 7.54. The topological polar surface area (TPSA) is 90.0 Å². The molecule has 0 aromatic heterocycles. The normalized spacial score (nSPS) is 26.1. The van der Waals surface area contributed by atoms with Crippen LogP contribution in [0.2, 0.25) is 0 Å². The smallest absolute Gasteiger partial charge is 0.264 e. The number of hydrogen-bond acceptors (Lipinski definition) is 8. The molecule has 0 bridgehead atoms. The molecule has 164 valence electrons. The van der Waals surface area contributed by atoms with Crippen molar-refractivity contribution in [3.8, 4) is 0 Å². The first-order valence-electron chi connectivity index (χ1n) is 9.91. The van der Waals surface area contributed by atoms with Crippen LogP contribution in [0.5, 0.6) is 0 Å². The highest BCUT2D eigenvalue weighted by Gasteiger charge is 2.68. The predicted molar refractivity (Wildman–Crippen MR) is 116 cm³/mol. The van der Waals surface area contributed by atoms with Gasteiger partial charge in [-0.25, -0.2) is 12.7 Å². The highest BCUT2D eigenvalue weighted by Crippen LogP contribution is 2.81. The van der Waals surface area contributed by atoms with Gasteiger partial charge in [-0.3, -0.25) is 9.36 Å². The van der Waals surface area contributed by atoms with Gasteiger partial charge in [-0.15, -0.1) is 0 Å². The Morgan fingerprint density at radius 3 is 2.25 bits per heavy atom. The molecule has 0 N–H and O–H groups in total. The second-order valence-corrected chi connectivity index (χ2v) is 17.3. The van der Waals surface area contributed by atoms with Crippen LogP contribution in [-0.4, -0.2) is 43.4 Å². The van der Waals surface area contributed by atoms with E-state index in [9.17, 15) is 17.8 Å². The van der Waals surface area contributed by atoms with E-state index in [1.165, 1.54) is 14.2 Å². The predicted octanol–water partition coefficient (Wildman–Crippen LogP) is 5.33. The summed E-state index contributed by atoms with van der Waals surface area (Å²) >= 11 is 1.30. The van der Waals surface area contributed by atoms with Crippen molar-refractivity contribution in [2.45, 2.75) is 88.1 Å². The lowest BCUT2D eigenvalue weighted by atomic mass is 9.95. The number of sulfonamides is 1. The van der Waals surface area contributed by atoms with Gasteiger partial charge >= 0.3 is 0 Å². The quantitative estimate of drug-likeness (QED) is 0.226. The molecule has 1 aliphatic heterocycles. The monoisotopic (exact) mass is 473 g/mol. The number of carbonyl (C=O) groups excluding carboxylic acids is 1. The van der Waals surface area contributed by atoms with Crippen molar-refractivity contribution in [1.82, 2.24) is 4.31 Å². The summed E-state index contributed by atoms with van der Waals surface area (Å²) in [5, 5.41) is 0. The Hall–Kier alpha value is 0.270. The zero-order valence-corrected chi connectivity index (χ0v) is 20.3. The van der Waals surface area contributed by atoms with Gasteiger partial charge in [0.05, 0.1) is 44.0 Å². The molecule has 0 spiro atoms. The lowest BCUT2D eigenvalue weighted by Gasteiger charge is -2.36. The molecule has 2 aliphatic rings. The minimum absolute atomic E-state index is 0.175. The fraction of sp³-hybridized carbons (Fsp3) is 0.941. The Bertz CT molecular complexity index is 672. The summed E-state index contributed by atoms with van der Waals surface area (Å²) in [6, 6.07) is -0.322. The molecular weight excluding hydrogens is 441 g/mol. The summed E-state index contributed by atoms with van der Waals surface area (Å²) in [4.78, 5) is 13.0. The minimum Gasteiger partial charge on any atom is -0.311 e.